The molecule has 130 valence electrons. The summed E-state index contributed by atoms with van der Waals surface area (Å²) in [5.41, 5.74) is 0. The molecule has 0 radical (unpaired) electrons. The third-order valence-corrected chi connectivity index (χ3v) is 5.35. The molecule has 0 aromatic heterocycles. The second-order valence-electron chi connectivity index (χ2n) is 6.76. The van der Waals surface area contributed by atoms with Gasteiger partial charge in [0, 0.05) is 25.2 Å². The molecule has 3 rings (SSSR count). The van der Waals surface area contributed by atoms with E-state index in [0.29, 0.717) is 6.04 Å². The maximum atomic E-state index is 12.3. The molecule has 0 spiro atoms. The fraction of sp³-hybridized carbons (Fsp3) is 0.938. The number of nitrogens with zero attached hydrogens (tertiary/aromatic N) is 1. The zero-order valence-corrected chi connectivity index (χ0v) is 15.2. The largest absolute Gasteiger partial charge is 0.353 e. The summed E-state index contributed by atoms with van der Waals surface area (Å²) < 4.78 is 0. The van der Waals surface area contributed by atoms with Gasteiger partial charge >= 0.3 is 0 Å². The predicted octanol–water partition coefficient (Wildman–Crippen LogP) is 2.35. The number of likely N-dealkylation sites (N-methyl/N-ethyl adjacent to an activating group) is 1. The average molecular weight is 352 g/mol. The zero-order chi connectivity index (χ0) is 13.9. The molecule has 2 saturated carbocycles. The highest BCUT2D eigenvalue weighted by molar-refractivity contribution is 5.85. The van der Waals surface area contributed by atoms with Gasteiger partial charge < -0.3 is 10.6 Å². The fourth-order valence-electron chi connectivity index (χ4n) is 4.01. The van der Waals surface area contributed by atoms with Gasteiger partial charge in [0.2, 0.25) is 5.91 Å². The predicted molar refractivity (Wildman–Crippen MR) is 95.1 cm³/mol. The first-order valence-electron chi connectivity index (χ1n) is 8.55. The van der Waals surface area contributed by atoms with E-state index in [1.165, 1.54) is 38.5 Å². The average Bonchev–Trinajstić information content (AvgIpc) is 3.21. The van der Waals surface area contributed by atoms with Crippen molar-refractivity contribution in [1.29, 1.82) is 0 Å². The van der Waals surface area contributed by atoms with Gasteiger partial charge in [-0.3, -0.25) is 9.69 Å². The summed E-state index contributed by atoms with van der Waals surface area (Å²) >= 11 is 0. The molecule has 2 N–H and O–H groups in total. The molecule has 0 aromatic rings. The Morgan fingerprint density at radius 2 is 1.91 bits per heavy atom. The van der Waals surface area contributed by atoms with Crippen LogP contribution in [-0.2, 0) is 4.79 Å². The van der Waals surface area contributed by atoms with Crippen molar-refractivity contribution in [3.8, 4) is 0 Å². The first kappa shape index (κ1) is 20.0. The standard InChI is InChI=1S/C16H29N3O.2ClH/c1-2-19(13-7-8-13)10-9-17-16(20)15-11-12-5-3-4-6-14(12)18-15;;/h12-15,18H,2-11H2,1H3,(H,17,20);2*1H. The van der Waals surface area contributed by atoms with Crippen LogP contribution < -0.4 is 10.6 Å². The number of amides is 1. The Kier molecular flexibility index (Phi) is 8.47. The van der Waals surface area contributed by atoms with E-state index in [-0.39, 0.29) is 36.8 Å². The zero-order valence-electron chi connectivity index (χ0n) is 13.6. The second-order valence-corrected chi connectivity index (χ2v) is 6.76. The second kappa shape index (κ2) is 9.31. The van der Waals surface area contributed by atoms with Crippen molar-refractivity contribution in [2.24, 2.45) is 5.92 Å². The normalized spacial score (nSPS) is 30.2. The van der Waals surface area contributed by atoms with Crippen molar-refractivity contribution in [3.05, 3.63) is 0 Å². The summed E-state index contributed by atoms with van der Waals surface area (Å²) in [7, 11) is 0. The summed E-state index contributed by atoms with van der Waals surface area (Å²) in [5, 5.41) is 6.69. The van der Waals surface area contributed by atoms with Gasteiger partial charge in [-0.15, -0.1) is 24.8 Å². The third kappa shape index (κ3) is 4.98. The first-order valence-corrected chi connectivity index (χ1v) is 8.55. The Morgan fingerprint density at radius 1 is 1.18 bits per heavy atom. The minimum absolute atomic E-state index is 0. The maximum Gasteiger partial charge on any atom is 0.237 e. The van der Waals surface area contributed by atoms with Crippen LogP contribution in [-0.4, -0.2) is 48.6 Å². The number of hydrogen-bond acceptors (Lipinski definition) is 3. The summed E-state index contributed by atoms with van der Waals surface area (Å²) in [5.74, 6) is 0.976. The molecule has 3 aliphatic rings. The van der Waals surface area contributed by atoms with Crippen molar-refractivity contribution in [1.82, 2.24) is 15.5 Å². The number of carbonyl (C=O) groups is 1. The van der Waals surface area contributed by atoms with Gasteiger partial charge in [-0.05, 0) is 44.6 Å². The van der Waals surface area contributed by atoms with Crippen LogP contribution in [0.5, 0.6) is 0 Å². The lowest BCUT2D eigenvalue weighted by atomic mass is 9.85. The van der Waals surface area contributed by atoms with Gasteiger partial charge in [-0.25, -0.2) is 0 Å². The van der Waals surface area contributed by atoms with E-state index in [0.717, 1.165) is 38.0 Å². The molecule has 0 aromatic carbocycles. The third-order valence-electron chi connectivity index (χ3n) is 5.35. The minimum Gasteiger partial charge on any atom is -0.353 e. The van der Waals surface area contributed by atoms with Crippen LogP contribution in [0.1, 0.15) is 51.9 Å². The van der Waals surface area contributed by atoms with Gasteiger partial charge in [0.1, 0.15) is 0 Å². The minimum atomic E-state index is 0. The quantitative estimate of drug-likeness (QED) is 0.771. The highest BCUT2D eigenvalue weighted by atomic mass is 35.5. The van der Waals surface area contributed by atoms with E-state index in [2.05, 4.69) is 22.5 Å². The summed E-state index contributed by atoms with van der Waals surface area (Å²) in [6, 6.07) is 1.47. The van der Waals surface area contributed by atoms with E-state index in [4.69, 9.17) is 0 Å². The van der Waals surface area contributed by atoms with Gasteiger partial charge in [0.25, 0.3) is 0 Å². The molecular weight excluding hydrogens is 321 g/mol. The lowest BCUT2D eigenvalue weighted by Crippen LogP contribution is -2.45. The number of fused-ring (bicyclic) bond motifs is 1. The van der Waals surface area contributed by atoms with E-state index in [1.54, 1.807) is 0 Å². The van der Waals surface area contributed by atoms with Gasteiger partial charge in [0.15, 0.2) is 0 Å². The topological polar surface area (TPSA) is 44.4 Å². The van der Waals surface area contributed by atoms with Crippen LogP contribution in [0.25, 0.3) is 0 Å². The fourth-order valence-corrected chi connectivity index (χ4v) is 4.01. The molecule has 1 amide bonds. The van der Waals surface area contributed by atoms with Crippen molar-refractivity contribution >= 4 is 30.7 Å². The smallest absolute Gasteiger partial charge is 0.237 e. The van der Waals surface area contributed by atoms with Crippen molar-refractivity contribution in [3.63, 3.8) is 0 Å². The van der Waals surface area contributed by atoms with Crippen LogP contribution >= 0.6 is 24.8 Å². The number of rotatable bonds is 6. The van der Waals surface area contributed by atoms with Crippen LogP contribution in [0.3, 0.4) is 0 Å². The Hall–Kier alpha value is -0.0300. The van der Waals surface area contributed by atoms with Crippen LogP contribution in [0.2, 0.25) is 0 Å². The van der Waals surface area contributed by atoms with Crippen molar-refractivity contribution in [2.45, 2.75) is 70.0 Å². The molecule has 1 aliphatic heterocycles. The summed E-state index contributed by atoms with van der Waals surface area (Å²) in [6.45, 7) is 5.12. The molecule has 6 heteroatoms. The molecular formula is C16H31Cl2N3O. The Labute approximate surface area is 147 Å². The Morgan fingerprint density at radius 3 is 2.55 bits per heavy atom. The maximum absolute atomic E-state index is 12.3. The first-order chi connectivity index (χ1) is 9.78. The molecule has 3 unspecified atom stereocenters. The monoisotopic (exact) mass is 351 g/mol. The molecule has 2 aliphatic carbocycles. The molecule has 0 bridgehead atoms. The Bertz CT molecular complexity index is 338. The number of nitrogens with one attached hydrogen (secondary N) is 2. The lowest BCUT2D eigenvalue weighted by Gasteiger charge is -2.24. The molecule has 1 heterocycles. The van der Waals surface area contributed by atoms with Gasteiger partial charge in [-0.2, -0.15) is 0 Å². The Balaban J connectivity index is 0.00000121. The summed E-state index contributed by atoms with van der Waals surface area (Å²) in [6.07, 6.45) is 8.99. The SMILES string of the molecule is CCN(CCNC(=O)C1CC2CCCCC2N1)C1CC1.Cl.Cl. The van der Waals surface area contributed by atoms with E-state index >= 15 is 0 Å². The summed E-state index contributed by atoms with van der Waals surface area (Å²) in [4.78, 5) is 14.7. The highest BCUT2D eigenvalue weighted by Crippen LogP contribution is 2.33. The number of carbonyl (C=O) groups excluding carboxylic acids is 1. The van der Waals surface area contributed by atoms with Crippen molar-refractivity contribution < 1.29 is 4.79 Å². The van der Waals surface area contributed by atoms with E-state index in [9.17, 15) is 4.79 Å². The van der Waals surface area contributed by atoms with E-state index < -0.39 is 0 Å². The number of halogens is 2. The van der Waals surface area contributed by atoms with E-state index in [1.807, 2.05) is 0 Å². The van der Waals surface area contributed by atoms with Gasteiger partial charge in [-0.1, -0.05) is 19.8 Å². The lowest BCUT2D eigenvalue weighted by molar-refractivity contribution is -0.122. The molecule has 4 nitrogen and oxygen atoms in total. The number of hydrogen-bond donors (Lipinski definition) is 2. The van der Waals surface area contributed by atoms with Crippen molar-refractivity contribution in [2.75, 3.05) is 19.6 Å². The molecule has 22 heavy (non-hydrogen) atoms. The molecule has 1 saturated heterocycles. The highest BCUT2D eigenvalue weighted by Gasteiger charge is 2.38. The molecule has 3 fully saturated rings. The van der Waals surface area contributed by atoms with Gasteiger partial charge in [0.05, 0.1) is 6.04 Å². The van der Waals surface area contributed by atoms with Crippen LogP contribution in [0.15, 0.2) is 0 Å². The van der Waals surface area contributed by atoms with Crippen LogP contribution in [0.4, 0.5) is 0 Å². The molecule has 3 atom stereocenters. The van der Waals surface area contributed by atoms with Crippen LogP contribution in [0, 0.1) is 5.92 Å².